The summed E-state index contributed by atoms with van der Waals surface area (Å²) < 4.78 is 12.9. The number of hydrogen-bond acceptors (Lipinski definition) is 3. The molecule has 0 aromatic heterocycles. The average molecular weight is 406 g/mol. The van der Waals surface area contributed by atoms with Crippen LogP contribution in [0.15, 0.2) is 77.9 Å². The first-order chi connectivity index (χ1) is 14.1. The van der Waals surface area contributed by atoms with E-state index >= 15 is 0 Å². The van der Waals surface area contributed by atoms with Crippen molar-refractivity contribution in [3.8, 4) is 0 Å². The fourth-order valence-electron chi connectivity index (χ4n) is 3.21. The second kappa shape index (κ2) is 8.29. The van der Waals surface area contributed by atoms with E-state index in [4.69, 9.17) is 11.6 Å². The molecule has 2 N–H and O–H groups in total. The standard InChI is InChI=1S/C23H17ClFN3O/c24-23-19-7-3-1-5-17(19)21(18-6-2-4-8-20(18)23)13-27-28-22(29)14-26-16-11-9-15(25)10-12-16/h1-13,26H,14H2,(H,28,29)/b27-13+. The lowest BCUT2D eigenvalue weighted by atomic mass is 9.97. The predicted octanol–water partition coefficient (Wildman–Crippen LogP) is 5.35. The molecule has 29 heavy (non-hydrogen) atoms. The highest BCUT2D eigenvalue weighted by atomic mass is 35.5. The summed E-state index contributed by atoms with van der Waals surface area (Å²) >= 11 is 6.59. The molecule has 0 heterocycles. The molecule has 1 amide bonds. The molecule has 0 aliphatic heterocycles. The van der Waals surface area contributed by atoms with Crippen LogP contribution in [0.2, 0.25) is 5.02 Å². The van der Waals surface area contributed by atoms with Gasteiger partial charge in [0.25, 0.3) is 5.91 Å². The molecule has 4 nitrogen and oxygen atoms in total. The number of rotatable bonds is 5. The maximum absolute atomic E-state index is 12.9. The van der Waals surface area contributed by atoms with Gasteiger partial charge in [0, 0.05) is 22.0 Å². The van der Waals surface area contributed by atoms with E-state index in [1.807, 2.05) is 48.5 Å². The van der Waals surface area contributed by atoms with E-state index in [9.17, 15) is 9.18 Å². The molecule has 0 fully saturated rings. The van der Waals surface area contributed by atoms with Crippen molar-refractivity contribution < 1.29 is 9.18 Å². The van der Waals surface area contributed by atoms with Crippen molar-refractivity contribution in [2.75, 3.05) is 11.9 Å². The van der Waals surface area contributed by atoms with Crippen LogP contribution in [0.25, 0.3) is 21.5 Å². The number of hydrazone groups is 1. The molecule has 4 aromatic rings. The van der Waals surface area contributed by atoms with Crippen molar-refractivity contribution in [2.24, 2.45) is 5.10 Å². The number of halogens is 2. The number of carbonyl (C=O) groups is 1. The number of hydrogen-bond donors (Lipinski definition) is 2. The lowest BCUT2D eigenvalue weighted by molar-refractivity contribution is -0.119. The third-order valence-corrected chi connectivity index (χ3v) is 4.99. The first-order valence-corrected chi connectivity index (χ1v) is 9.41. The van der Waals surface area contributed by atoms with E-state index in [2.05, 4.69) is 15.8 Å². The van der Waals surface area contributed by atoms with Gasteiger partial charge in [-0.1, -0.05) is 60.1 Å². The molecule has 0 spiro atoms. The van der Waals surface area contributed by atoms with Gasteiger partial charge in [0.1, 0.15) is 5.82 Å². The second-order valence-corrected chi connectivity index (χ2v) is 6.85. The summed E-state index contributed by atoms with van der Waals surface area (Å²) in [5.74, 6) is -0.639. The van der Waals surface area contributed by atoms with Gasteiger partial charge in [0.05, 0.1) is 17.8 Å². The van der Waals surface area contributed by atoms with Crippen LogP contribution in [-0.2, 0) is 4.79 Å². The van der Waals surface area contributed by atoms with Crippen molar-refractivity contribution in [3.63, 3.8) is 0 Å². The van der Waals surface area contributed by atoms with E-state index in [0.717, 1.165) is 27.1 Å². The summed E-state index contributed by atoms with van der Waals surface area (Å²) in [5, 5.41) is 11.5. The van der Waals surface area contributed by atoms with Gasteiger partial charge >= 0.3 is 0 Å². The topological polar surface area (TPSA) is 53.5 Å². The number of benzene rings is 4. The van der Waals surface area contributed by atoms with Gasteiger partial charge in [0.15, 0.2) is 0 Å². The lowest BCUT2D eigenvalue weighted by Gasteiger charge is -2.10. The third-order valence-electron chi connectivity index (χ3n) is 4.59. The molecule has 0 aliphatic carbocycles. The van der Waals surface area contributed by atoms with Gasteiger partial charge in [-0.15, -0.1) is 0 Å². The number of fused-ring (bicyclic) bond motifs is 2. The zero-order valence-corrected chi connectivity index (χ0v) is 16.1. The van der Waals surface area contributed by atoms with Crippen molar-refractivity contribution >= 4 is 51.0 Å². The maximum atomic E-state index is 12.9. The minimum absolute atomic E-state index is 0.0189. The largest absolute Gasteiger partial charge is 0.376 e. The molecule has 4 aromatic carbocycles. The van der Waals surface area contributed by atoms with Crippen molar-refractivity contribution in [2.45, 2.75) is 0 Å². The summed E-state index contributed by atoms with van der Waals surface area (Å²) in [5.41, 5.74) is 4.05. The van der Waals surface area contributed by atoms with Crippen LogP contribution in [0.4, 0.5) is 10.1 Å². The second-order valence-electron chi connectivity index (χ2n) is 6.47. The summed E-state index contributed by atoms with van der Waals surface area (Å²) in [6, 6.07) is 21.4. The molecular formula is C23H17ClFN3O. The minimum atomic E-state index is -0.327. The Kier molecular flexibility index (Phi) is 5.40. The Morgan fingerprint density at radius 2 is 1.45 bits per heavy atom. The smallest absolute Gasteiger partial charge is 0.259 e. The predicted molar refractivity (Wildman–Crippen MR) is 117 cm³/mol. The zero-order valence-electron chi connectivity index (χ0n) is 15.3. The highest BCUT2D eigenvalue weighted by Gasteiger charge is 2.10. The minimum Gasteiger partial charge on any atom is -0.376 e. The fraction of sp³-hybridized carbons (Fsp3) is 0.0435. The zero-order chi connectivity index (χ0) is 20.2. The van der Waals surface area contributed by atoms with Gasteiger partial charge in [0.2, 0.25) is 0 Å². The first-order valence-electron chi connectivity index (χ1n) is 9.04. The van der Waals surface area contributed by atoms with Crippen LogP contribution in [0.5, 0.6) is 0 Å². The van der Waals surface area contributed by atoms with Crippen LogP contribution < -0.4 is 10.7 Å². The van der Waals surface area contributed by atoms with Gasteiger partial charge in [-0.2, -0.15) is 5.10 Å². The highest BCUT2D eigenvalue weighted by Crippen LogP contribution is 2.35. The number of carbonyl (C=O) groups excluding carboxylic acids is 1. The maximum Gasteiger partial charge on any atom is 0.259 e. The number of nitrogens with zero attached hydrogens (tertiary/aromatic N) is 1. The quantitative estimate of drug-likeness (QED) is 0.267. The molecular weight excluding hydrogens is 389 g/mol. The van der Waals surface area contributed by atoms with E-state index < -0.39 is 0 Å². The lowest BCUT2D eigenvalue weighted by Crippen LogP contribution is -2.25. The summed E-state index contributed by atoms with van der Waals surface area (Å²) in [7, 11) is 0. The molecule has 0 saturated carbocycles. The molecule has 0 radical (unpaired) electrons. The Morgan fingerprint density at radius 1 is 0.897 bits per heavy atom. The van der Waals surface area contributed by atoms with Crippen molar-refractivity contribution in [3.05, 3.63) is 89.2 Å². The summed E-state index contributed by atoms with van der Waals surface area (Å²) in [6.07, 6.45) is 1.64. The number of anilines is 1. The monoisotopic (exact) mass is 405 g/mol. The van der Waals surface area contributed by atoms with E-state index in [-0.39, 0.29) is 18.3 Å². The third kappa shape index (κ3) is 4.05. The number of amides is 1. The summed E-state index contributed by atoms with van der Waals surface area (Å²) in [4.78, 5) is 12.1. The Balaban J connectivity index is 1.55. The number of nitrogens with one attached hydrogen (secondary N) is 2. The molecule has 0 saturated heterocycles. The molecule has 0 aliphatic rings. The van der Waals surface area contributed by atoms with Gasteiger partial charge < -0.3 is 5.32 Å². The molecule has 0 bridgehead atoms. The Hall–Kier alpha value is -3.44. The average Bonchev–Trinajstić information content (AvgIpc) is 2.76. The van der Waals surface area contributed by atoms with Crippen LogP contribution in [0.3, 0.4) is 0 Å². The van der Waals surface area contributed by atoms with Crippen LogP contribution >= 0.6 is 11.6 Å². The van der Waals surface area contributed by atoms with Gasteiger partial charge in [-0.05, 0) is 35.0 Å². The van der Waals surface area contributed by atoms with E-state index in [1.54, 1.807) is 18.3 Å². The molecule has 144 valence electrons. The fourth-order valence-corrected chi connectivity index (χ4v) is 3.54. The van der Waals surface area contributed by atoms with E-state index in [1.165, 1.54) is 12.1 Å². The Labute approximate surface area is 172 Å². The molecule has 0 unspecified atom stereocenters. The van der Waals surface area contributed by atoms with Crippen molar-refractivity contribution in [1.82, 2.24) is 5.43 Å². The van der Waals surface area contributed by atoms with Crippen LogP contribution in [0.1, 0.15) is 5.56 Å². The molecule has 0 atom stereocenters. The molecule has 6 heteroatoms. The first kappa shape index (κ1) is 18.9. The van der Waals surface area contributed by atoms with Gasteiger partial charge in [-0.3, -0.25) is 4.79 Å². The summed E-state index contributed by atoms with van der Waals surface area (Å²) in [6.45, 7) is 0.0189. The Bertz CT molecular complexity index is 1170. The van der Waals surface area contributed by atoms with Crippen LogP contribution in [0, 0.1) is 5.82 Å². The van der Waals surface area contributed by atoms with E-state index in [0.29, 0.717) is 10.7 Å². The van der Waals surface area contributed by atoms with Crippen LogP contribution in [-0.4, -0.2) is 18.7 Å². The highest BCUT2D eigenvalue weighted by molar-refractivity contribution is 6.42. The SMILES string of the molecule is O=C(CNc1ccc(F)cc1)N/N=C/c1c2ccccc2c(Cl)c2ccccc12. The normalized spacial score (nSPS) is 11.2. The van der Waals surface area contributed by atoms with Crippen molar-refractivity contribution in [1.29, 1.82) is 0 Å². The van der Waals surface area contributed by atoms with Gasteiger partial charge in [-0.25, -0.2) is 9.82 Å². The Morgan fingerprint density at radius 3 is 2.03 bits per heavy atom. The molecule has 4 rings (SSSR count).